The zero-order valence-corrected chi connectivity index (χ0v) is 11.7. The molecule has 0 spiro atoms. The van der Waals surface area contributed by atoms with Crippen LogP contribution in [0.3, 0.4) is 0 Å². The third kappa shape index (κ3) is 2.74. The van der Waals surface area contributed by atoms with Crippen molar-refractivity contribution < 1.29 is 4.74 Å². The summed E-state index contributed by atoms with van der Waals surface area (Å²) in [6, 6.07) is 13.6. The fraction of sp³-hybridized carbons (Fsp3) is 0.176. The Balaban J connectivity index is 1.62. The summed E-state index contributed by atoms with van der Waals surface area (Å²) in [5.74, 6) is 3.56. The van der Waals surface area contributed by atoms with Crippen molar-refractivity contribution in [1.29, 1.82) is 0 Å². The number of ether oxygens (including phenoxy) is 1. The van der Waals surface area contributed by atoms with E-state index in [1.165, 1.54) is 5.56 Å². The van der Waals surface area contributed by atoms with E-state index in [4.69, 9.17) is 22.8 Å². The SMILES string of the molecule is C#Cc1cccc(NCC2Cc3cc(Cl)ccc3O2)c1. The highest BCUT2D eigenvalue weighted by Crippen LogP contribution is 2.31. The molecule has 0 aromatic heterocycles. The van der Waals surface area contributed by atoms with Gasteiger partial charge in [0.15, 0.2) is 0 Å². The quantitative estimate of drug-likeness (QED) is 0.867. The third-order valence-electron chi connectivity index (χ3n) is 3.33. The molecular weight excluding hydrogens is 270 g/mol. The summed E-state index contributed by atoms with van der Waals surface area (Å²) in [6.45, 7) is 0.736. The Morgan fingerprint density at radius 1 is 1.30 bits per heavy atom. The molecule has 0 bridgehead atoms. The van der Waals surface area contributed by atoms with Gasteiger partial charge in [-0.25, -0.2) is 0 Å². The fourth-order valence-corrected chi connectivity index (χ4v) is 2.55. The highest BCUT2D eigenvalue weighted by Gasteiger charge is 2.22. The van der Waals surface area contributed by atoms with Crippen molar-refractivity contribution in [2.24, 2.45) is 0 Å². The van der Waals surface area contributed by atoms with Crippen molar-refractivity contribution in [1.82, 2.24) is 0 Å². The van der Waals surface area contributed by atoms with E-state index in [0.717, 1.165) is 35.0 Å². The maximum atomic E-state index is 5.99. The Bertz CT molecular complexity index is 675. The molecule has 1 atom stereocenters. The average Bonchev–Trinajstić information content (AvgIpc) is 2.87. The van der Waals surface area contributed by atoms with Gasteiger partial charge in [0.1, 0.15) is 11.9 Å². The number of anilines is 1. The maximum Gasteiger partial charge on any atom is 0.123 e. The second-order valence-electron chi connectivity index (χ2n) is 4.80. The van der Waals surface area contributed by atoms with Crippen LogP contribution in [0, 0.1) is 12.3 Å². The number of halogens is 1. The van der Waals surface area contributed by atoms with Gasteiger partial charge >= 0.3 is 0 Å². The molecule has 1 unspecified atom stereocenters. The molecule has 3 rings (SSSR count). The Kier molecular flexibility index (Phi) is 3.54. The Morgan fingerprint density at radius 2 is 2.20 bits per heavy atom. The highest BCUT2D eigenvalue weighted by atomic mass is 35.5. The average molecular weight is 284 g/mol. The van der Waals surface area contributed by atoms with Crippen LogP contribution in [0.1, 0.15) is 11.1 Å². The molecule has 0 amide bonds. The lowest BCUT2D eigenvalue weighted by Gasteiger charge is -2.13. The van der Waals surface area contributed by atoms with Gasteiger partial charge in [0.05, 0.1) is 6.54 Å². The van der Waals surface area contributed by atoms with E-state index in [1.807, 2.05) is 42.5 Å². The molecule has 2 aromatic carbocycles. The lowest BCUT2D eigenvalue weighted by atomic mass is 10.1. The van der Waals surface area contributed by atoms with Gasteiger partial charge in [-0.15, -0.1) is 6.42 Å². The summed E-state index contributed by atoms with van der Waals surface area (Å²) >= 11 is 5.99. The van der Waals surface area contributed by atoms with Crippen LogP contribution in [-0.2, 0) is 6.42 Å². The largest absolute Gasteiger partial charge is 0.488 e. The molecule has 1 aliphatic heterocycles. The lowest BCUT2D eigenvalue weighted by Crippen LogP contribution is -2.23. The van der Waals surface area contributed by atoms with Crippen molar-refractivity contribution in [2.45, 2.75) is 12.5 Å². The number of benzene rings is 2. The minimum atomic E-state index is 0.123. The zero-order valence-electron chi connectivity index (χ0n) is 10.9. The van der Waals surface area contributed by atoms with Crippen LogP contribution in [0.4, 0.5) is 5.69 Å². The predicted octanol–water partition coefficient (Wildman–Crippen LogP) is 3.74. The predicted molar refractivity (Wildman–Crippen MR) is 82.4 cm³/mol. The molecule has 0 saturated carbocycles. The van der Waals surface area contributed by atoms with Crippen LogP contribution in [-0.4, -0.2) is 12.6 Å². The molecule has 20 heavy (non-hydrogen) atoms. The van der Waals surface area contributed by atoms with Crippen LogP contribution in [0.25, 0.3) is 0 Å². The second-order valence-corrected chi connectivity index (χ2v) is 5.24. The van der Waals surface area contributed by atoms with Crippen molar-refractivity contribution in [3.63, 3.8) is 0 Å². The Morgan fingerprint density at radius 3 is 3.05 bits per heavy atom. The van der Waals surface area contributed by atoms with E-state index in [9.17, 15) is 0 Å². The smallest absolute Gasteiger partial charge is 0.123 e. The molecule has 2 aromatic rings. The lowest BCUT2D eigenvalue weighted by molar-refractivity contribution is 0.246. The molecule has 2 nitrogen and oxygen atoms in total. The third-order valence-corrected chi connectivity index (χ3v) is 3.56. The van der Waals surface area contributed by atoms with E-state index in [-0.39, 0.29) is 6.10 Å². The summed E-state index contributed by atoms with van der Waals surface area (Å²) in [7, 11) is 0. The Hall–Kier alpha value is -2.11. The van der Waals surface area contributed by atoms with Crippen molar-refractivity contribution in [3.05, 3.63) is 58.6 Å². The first-order valence-electron chi connectivity index (χ1n) is 6.50. The number of fused-ring (bicyclic) bond motifs is 1. The number of hydrogen-bond acceptors (Lipinski definition) is 2. The molecule has 0 fully saturated rings. The number of nitrogens with one attached hydrogen (secondary N) is 1. The van der Waals surface area contributed by atoms with Gasteiger partial charge in [-0.2, -0.15) is 0 Å². The summed E-state index contributed by atoms with van der Waals surface area (Å²) in [6.07, 6.45) is 6.39. The molecule has 1 aliphatic rings. The van der Waals surface area contributed by atoms with Crippen LogP contribution in [0.2, 0.25) is 5.02 Å². The zero-order chi connectivity index (χ0) is 13.9. The molecule has 100 valence electrons. The molecule has 0 saturated heterocycles. The van der Waals surface area contributed by atoms with E-state index >= 15 is 0 Å². The van der Waals surface area contributed by atoms with Gasteiger partial charge < -0.3 is 10.1 Å². The van der Waals surface area contributed by atoms with Crippen LogP contribution in [0.5, 0.6) is 5.75 Å². The maximum absolute atomic E-state index is 5.99. The van der Waals surface area contributed by atoms with Crippen molar-refractivity contribution >= 4 is 17.3 Å². The van der Waals surface area contributed by atoms with Gasteiger partial charge in [0.25, 0.3) is 0 Å². The van der Waals surface area contributed by atoms with Crippen molar-refractivity contribution in [3.8, 4) is 18.1 Å². The van der Waals surface area contributed by atoms with E-state index in [0.29, 0.717) is 0 Å². The minimum Gasteiger partial charge on any atom is -0.488 e. The summed E-state index contributed by atoms with van der Waals surface area (Å²) < 4.78 is 5.88. The molecule has 1 N–H and O–H groups in total. The van der Waals surface area contributed by atoms with Gasteiger partial charge in [-0.05, 0) is 42.0 Å². The summed E-state index contributed by atoms with van der Waals surface area (Å²) in [5.41, 5.74) is 3.05. The standard InChI is InChI=1S/C17H14ClNO/c1-2-12-4-3-5-15(8-12)19-11-16-10-13-9-14(18)6-7-17(13)20-16/h1,3-9,16,19H,10-11H2. The van der Waals surface area contributed by atoms with Gasteiger partial charge in [0.2, 0.25) is 0 Å². The summed E-state index contributed by atoms with van der Waals surface area (Å²) in [5, 5.41) is 4.11. The van der Waals surface area contributed by atoms with Crippen LogP contribution >= 0.6 is 11.6 Å². The molecule has 3 heteroatoms. The van der Waals surface area contributed by atoms with Crippen molar-refractivity contribution in [2.75, 3.05) is 11.9 Å². The van der Waals surface area contributed by atoms with E-state index < -0.39 is 0 Å². The molecular formula is C17H14ClNO. The molecule has 1 heterocycles. The number of rotatable bonds is 3. The highest BCUT2D eigenvalue weighted by molar-refractivity contribution is 6.30. The van der Waals surface area contributed by atoms with Crippen LogP contribution < -0.4 is 10.1 Å². The number of hydrogen-bond donors (Lipinski definition) is 1. The monoisotopic (exact) mass is 283 g/mol. The topological polar surface area (TPSA) is 21.3 Å². The van der Waals surface area contributed by atoms with E-state index in [2.05, 4.69) is 11.2 Å². The van der Waals surface area contributed by atoms with Gasteiger partial charge in [-0.3, -0.25) is 0 Å². The fourth-order valence-electron chi connectivity index (χ4n) is 2.35. The number of terminal acetylenes is 1. The van der Waals surface area contributed by atoms with Gasteiger partial charge in [0, 0.05) is 22.7 Å². The van der Waals surface area contributed by atoms with Crippen LogP contribution in [0.15, 0.2) is 42.5 Å². The summed E-state index contributed by atoms with van der Waals surface area (Å²) in [4.78, 5) is 0. The first-order chi connectivity index (χ1) is 9.74. The van der Waals surface area contributed by atoms with Gasteiger partial charge in [-0.1, -0.05) is 23.6 Å². The first kappa shape index (κ1) is 12.9. The van der Waals surface area contributed by atoms with E-state index in [1.54, 1.807) is 0 Å². The second kappa shape index (κ2) is 5.48. The molecule has 0 aliphatic carbocycles. The first-order valence-corrected chi connectivity index (χ1v) is 6.88. The Labute approximate surface area is 123 Å². The normalized spacial score (nSPS) is 16.1. The minimum absolute atomic E-state index is 0.123. The molecule has 0 radical (unpaired) electrons.